The van der Waals surface area contributed by atoms with Gasteiger partial charge in [0.1, 0.15) is 0 Å². The maximum Gasteiger partial charge on any atom is 0.246 e. The SMILES string of the molecule is CCN(CC)CCCn1c(C)c(/C=C/C(=O)N2CCN(CCc3ccccc3)CC2)c2cc(C)ccc21. The molecule has 37 heavy (non-hydrogen) atoms. The van der Waals surface area contributed by atoms with Gasteiger partial charge in [-0.25, -0.2) is 0 Å². The normalized spacial score (nSPS) is 14.9. The first-order chi connectivity index (χ1) is 18.0. The lowest BCUT2D eigenvalue weighted by Gasteiger charge is -2.34. The van der Waals surface area contributed by atoms with Gasteiger partial charge in [0.2, 0.25) is 5.91 Å². The molecule has 198 valence electrons. The molecule has 0 spiro atoms. The highest BCUT2D eigenvalue weighted by atomic mass is 16.2. The maximum atomic E-state index is 13.1. The Morgan fingerprint density at radius 1 is 0.946 bits per heavy atom. The third-order valence-corrected chi connectivity index (χ3v) is 7.91. The molecule has 0 unspecified atom stereocenters. The minimum Gasteiger partial charge on any atom is -0.344 e. The predicted molar refractivity (Wildman–Crippen MR) is 156 cm³/mol. The van der Waals surface area contributed by atoms with Crippen LogP contribution in [0.1, 0.15) is 42.7 Å². The van der Waals surface area contributed by atoms with Gasteiger partial charge in [-0.2, -0.15) is 0 Å². The second-order valence-corrected chi connectivity index (χ2v) is 10.3. The number of fused-ring (bicyclic) bond motifs is 1. The van der Waals surface area contributed by atoms with E-state index in [9.17, 15) is 4.79 Å². The zero-order valence-electron chi connectivity index (χ0n) is 23.2. The number of hydrogen-bond acceptors (Lipinski definition) is 3. The third-order valence-electron chi connectivity index (χ3n) is 7.91. The summed E-state index contributed by atoms with van der Waals surface area (Å²) >= 11 is 0. The van der Waals surface area contributed by atoms with Crippen molar-refractivity contribution >= 4 is 22.9 Å². The molecule has 0 atom stereocenters. The Labute approximate surface area is 223 Å². The molecule has 0 radical (unpaired) electrons. The molecule has 1 aliphatic heterocycles. The van der Waals surface area contributed by atoms with Crippen LogP contribution in [0.5, 0.6) is 0 Å². The first-order valence-corrected chi connectivity index (χ1v) is 14.0. The van der Waals surface area contributed by atoms with E-state index in [2.05, 4.69) is 96.7 Å². The van der Waals surface area contributed by atoms with Crippen LogP contribution >= 0.6 is 0 Å². The van der Waals surface area contributed by atoms with E-state index in [-0.39, 0.29) is 5.91 Å². The summed E-state index contributed by atoms with van der Waals surface area (Å²) in [5.74, 6) is 0.122. The molecule has 1 aromatic heterocycles. The summed E-state index contributed by atoms with van der Waals surface area (Å²) in [6.45, 7) is 17.6. The molecule has 1 aliphatic rings. The Balaban J connectivity index is 1.39. The van der Waals surface area contributed by atoms with E-state index in [0.717, 1.165) is 71.7 Å². The molecule has 4 rings (SSSR count). The number of aryl methyl sites for hydroxylation is 2. The predicted octanol–water partition coefficient (Wildman–Crippen LogP) is 5.39. The van der Waals surface area contributed by atoms with Gasteiger partial charge < -0.3 is 14.4 Å². The topological polar surface area (TPSA) is 31.7 Å². The van der Waals surface area contributed by atoms with Crippen LogP contribution in [0.2, 0.25) is 0 Å². The minimum absolute atomic E-state index is 0.122. The van der Waals surface area contributed by atoms with Crippen molar-refractivity contribution in [3.05, 3.63) is 77.0 Å². The zero-order valence-corrected chi connectivity index (χ0v) is 23.2. The molecule has 0 aliphatic carbocycles. The number of carbonyl (C=O) groups is 1. The van der Waals surface area contributed by atoms with Crippen molar-refractivity contribution in [3.63, 3.8) is 0 Å². The van der Waals surface area contributed by atoms with Gasteiger partial charge in [-0.1, -0.05) is 55.8 Å². The van der Waals surface area contributed by atoms with Gasteiger partial charge in [-0.15, -0.1) is 0 Å². The first kappa shape index (κ1) is 27.2. The quantitative estimate of drug-likeness (QED) is 0.331. The number of benzene rings is 2. The highest BCUT2D eigenvalue weighted by Crippen LogP contribution is 2.28. The molecule has 0 N–H and O–H groups in total. The molecule has 2 aromatic carbocycles. The number of rotatable bonds is 11. The van der Waals surface area contributed by atoms with Crippen LogP contribution < -0.4 is 0 Å². The Morgan fingerprint density at radius 2 is 1.68 bits per heavy atom. The average molecular weight is 501 g/mol. The Morgan fingerprint density at radius 3 is 2.38 bits per heavy atom. The van der Waals surface area contributed by atoms with Crippen LogP contribution in [0.4, 0.5) is 0 Å². The molecular weight excluding hydrogens is 456 g/mol. The van der Waals surface area contributed by atoms with E-state index in [1.165, 1.54) is 33.3 Å². The van der Waals surface area contributed by atoms with Crippen LogP contribution in [0.3, 0.4) is 0 Å². The molecular formula is C32H44N4O. The van der Waals surface area contributed by atoms with E-state index >= 15 is 0 Å². The second-order valence-electron chi connectivity index (χ2n) is 10.3. The minimum atomic E-state index is 0.122. The number of aromatic nitrogens is 1. The second kappa shape index (κ2) is 13.1. The molecule has 1 fully saturated rings. The monoisotopic (exact) mass is 500 g/mol. The number of piperazine rings is 1. The highest BCUT2D eigenvalue weighted by Gasteiger charge is 2.20. The van der Waals surface area contributed by atoms with Gasteiger partial charge in [0, 0.05) is 67.5 Å². The zero-order chi connectivity index (χ0) is 26.2. The van der Waals surface area contributed by atoms with E-state index in [4.69, 9.17) is 0 Å². The summed E-state index contributed by atoms with van der Waals surface area (Å²) in [5, 5.41) is 1.25. The number of amides is 1. The fourth-order valence-corrected chi connectivity index (χ4v) is 5.50. The van der Waals surface area contributed by atoms with Gasteiger partial charge in [-0.05, 0) is 70.1 Å². The van der Waals surface area contributed by atoms with Crippen molar-refractivity contribution in [2.75, 3.05) is 52.4 Å². The maximum absolute atomic E-state index is 13.1. The van der Waals surface area contributed by atoms with E-state index in [0.29, 0.717) is 0 Å². The molecule has 0 saturated carbocycles. The highest BCUT2D eigenvalue weighted by molar-refractivity contribution is 5.97. The van der Waals surface area contributed by atoms with Gasteiger partial charge in [0.25, 0.3) is 0 Å². The first-order valence-electron chi connectivity index (χ1n) is 14.0. The summed E-state index contributed by atoms with van der Waals surface area (Å²) in [7, 11) is 0. The van der Waals surface area contributed by atoms with Crippen molar-refractivity contribution in [1.82, 2.24) is 19.3 Å². The van der Waals surface area contributed by atoms with Crippen molar-refractivity contribution in [2.24, 2.45) is 0 Å². The Bertz CT molecular complexity index is 1180. The summed E-state index contributed by atoms with van der Waals surface area (Å²) in [6, 6.07) is 17.3. The lowest BCUT2D eigenvalue weighted by atomic mass is 10.1. The standard InChI is InChI=1S/C32H44N4O/c1-5-33(6-2)18-10-19-36-27(4)29(30-25-26(3)13-15-31(30)36)14-16-32(37)35-23-21-34(22-24-35)20-17-28-11-8-7-9-12-28/h7-9,11-16,25H,5-6,10,17-24H2,1-4H3/b16-14+. The van der Waals surface area contributed by atoms with Crippen LogP contribution in [0.25, 0.3) is 17.0 Å². The van der Waals surface area contributed by atoms with E-state index < -0.39 is 0 Å². The van der Waals surface area contributed by atoms with Gasteiger partial charge in [-0.3, -0.25) is 9.69 Å². The lowest BCUT2D eigenvalue weighted by Crippen LogP contribution is -2.48. The van der Waals surface area contributed by atoms with E-state index in [1.54, 1.807) is 6.08 Å². The van der Waals surface area contributed by atoms with E-state index in [1.807, 2.05) is 4.90 Å². The van der Waals surface area contributed by atoms with Crippen LogP contribution in [-0.2, 0) is 17.8 Å². The summed E-state index contributed by atoms with van der Waals surface area (Å²) in [5.41, 5.74) is 6.32. The Kier molecular flexibility index (Phi) is 9.59. The fourth-order valence-electron chi connectivity index (χ4n) is 5.50. The fraction of sp³-hybridized carbons (Fsp3) is 0.469. The van der Waals surface area contributed by atoms with Crippen molar-refractivity contribution in [3.8, 4) is 0 Å². The van der Waals surface area contributed by atoms with Crippen LogP contribution in [0.15, 0.2) is 54.6 Å². The molecule has 1 amide bonds. The average Bonchev–Trinajstić information content (AvgIpc) is 3.18. The smallest absolute Gasteiger partial charge is 0.246 e. The van der Waals surface area contributed by atoms with Crippen LogP contribution in [-0.4, -0.2) is 77.5 Å². The summed E-state index contributed by atoms with van der Waals surface area (Å²) in [6.07, 6.45) is 6.04. The largest absolute Gasteiger partial charge is 0.344 e. The molecule has 5 nitrogen and oxygen atoms in total. The summed E-state index contributed by atoms with van der Waals surface area (Å²) in [4.78, 5) is 20.0. The van der Waals surface area contributed by atoms with Crippen molar-refractivity contribution < 1.29 is 4.79 Å². The molecule has 3 aromatic rings. The van der Waals surface area contributed by atoms with Gasteiger partial charge >= 0.3 is 0 Å². The molecule has 1 saturated heterocycles. The van der Waals surface area contributed by atoms with Crippen molar-refractivity contribution in [1.29, 1.82) is 0 Å². The van der Waals surface area contributed by atoms with Gasteiger partial charge in [0.15, 0.2) is 0 Å². The van der Waals surface area contributed by atoms with Crippen molar-refractivity contribution in [2.45, 2.75) is 47.1 Å². The van der Waals surface area contributed by atoms with Gasteiger partial charge in [0.05, 0.1) is 0 Å². The lowest BCUT2D eigenvalue weighted by molar-refractivity contribution is -0.127. The molecule has 5 heteroatoms. The molecule has 0 bridgehead atoms. The summed E-state index contributed by atoms with van der Waals surface area (Å²) < 4.78 is 2.44. The number of nitrogens with zero attached hydrogens (tertiary/aromatic N) is 4. The molecule has 2 heterocycles. The van der Waals surface area contributed by atoms with Crippen LogP contribution in [0, 0.1) is 13.8 Å². The number of hydrogen-bond donors (Lipinski definition) is 0. The number of carbonyl (C=O) groups excluding carboxylic acids is 1. The Hall–Kier alpha value is -2.89. The third kappa shape index (κ3) is 6.91.